The van der Waals surface area contributed by atoms with Crippen molar-refractivity contribution in [1.29, 1.82) is 0 Å². The van der Waals surface area contributed by atoms with Crippen LogP contribution in [-0.4, -0.2) is 78.9 Å². The molecule has 2 rings (SSSR count). The van der Waals surface area contributed by atoms with Gasteiger partial charge in [0.15, 0.2) is 0 Å². The number of amides is 2. The first-order valence-corrected chi connectivity index (χ1v) is 7.45. The Bertz CT molecular complexity index is 400. The van der Waals surface area contributed by atoms with Gasteiger partial charge >= 0.3 is 12.0 Å². The van der Waals surface area contributed by atoms with E-state index < -0.39 is 17.9 Å². The van der Waals surface area contributed by atoms with Gasteiger partial charge < -0.3 is 20.1 Å². The molecular formula is C14H25N3O4. The fourth-order valence-electron chi connectivity index (χ4n) is 2.66. The second-order valence-corrected chi connectivity index (χ2v) is 6.09. The van der Waals surface area contributed by atoms with E-state index in [9.17, 15) is 9.59 Å². The third kappa shape index (κ3) is 3.85. The fraction of sp³-hybridized carbons (Fsp3) is 0.857. The second-order valence-electron chi connectivity index (χ2n) is 6.09. The molecule has 1 aliphatic carbocycles. The monoisotopic (exact) mass is 299 g/mol. The van der Waals surface area contributed by atoms with Crippen LogP contribution in [0, 0.1) is 5.92 Å². The van der Waals surface area contributed by atoms with Crippen molar-refractivity contribution in [1.82, 2.24) is 15.1 Å². The number of carbonyl (C=O) groups is 2. The van der Waals surface area contributed by atoms with Gasteiger partial charge in [-0.15, -0.1) is 0 Å². The molecule has 7 heteroatoms. The lowest BCUT2D eigenvalue weighted by Crippen LogP contribution is -2.50. The Morgan fingerprint density at radius 3 is 2.57 bits per heavy atom. The lowest BCUT2D eigenvalue weighted by atomic mass is 10.0. The third-order valence-electron chi connectivity index (χ3n) is 4.55. The molecule has 1 heterocycles. The van der Waals surface area contributed by atoms with E-state index in [1.807, 2.05) is 0 Å². The van der Waals surface area contributed by atoms with Gasteiger partial charge in [0, 0.05) is 25.7 Å². The number of carbonyl (C=O) groups excluding carboxylic acids is 1. The summed E-state index contributed by atoms with van der Waals surface area (Å²) >= 11 is 0. The third-order valence-corrected chi connectivity index (χ3v) is 4.55. The van der Waals surface area contributed by atoms with Gasteiger partial charge in [-0.1, -0.05) is 0 Å². The van der Waals surface area contributed by atoms with Gasteiger partial charge in [-0.25, -0.2) is 4.79 Å². The Kier molecular flexibility index (Phi) is 5.05. The lowest BCUT2D eigenvalue weighted by Gasteiger charge is -2.29. The van der Waals surface area contributed by atoms with Crippen molar-refractivity contribution in [3.8, 4) is 0 Å². The van der Waals surface area contributed by atoms with Crippen LogP contribution in [0.4, 0.5) is 4.79 Å². The van der Waals surface area contributed by atoms with E-state index in [2.05, 4.69) is 24.2 Å². The van der Waals surface area contributed by atoms with Crippen LogP contribution in [0.1, 0.15) is 19.8 Å². The molecule has 3 atom stereocenters. The molecule has 2 fully saturated rings. The number of nitrogens with one attached hydrogen (secondary N) is 1. The summed E-state index contributed by atoms with van der Waals surface area (Å²) in [5.41, 5.74) is 0. The van der Waals surface area contributed by atoms with Crippen molar-refractivity contribution in [3.05, 3.63) is 0 Å². The van der Waals surface area contributed by atoms with Crippen LogP contribution in [0.5, 0.6) is 0 Å². The average molecular weight is 299 g/mol. The van der Waals surface area contributed by atoms with E-state index >= 15 is 0 Å². The number of nitrogens with zero attached hydrogens (tertiary/aromatic N) is 2. The highest BCUT2D eigenvalue weighted by atomic mass is 16.5. The van der Waals surface area contributed by atoms with Crippen LogP contribution in [0.2, 0.25) is 0 Å². The van der Waals surface area contributed by atoms with E-state index in [-0.39, 0.29) is 25.3 Å². The number of carboxylic acids is 1. The number of likely N-dealkylation sites (N-methyl/N-ethyl adjacent to an activating group) is 2. The smallest absolute Gasteiger partial charge is 0.317 e. The Morgan fingerprint density at radius 1 is 1.33 bits per heavy atom. The molecule has 0 aromatic carbocycles. The van der Waals surface area contributed by atoms with Crippen LogP contribution in [0.3, 0.4) is 0 Å². The molecule has 7 nitrogen and oxygen atoms in total. The molecule has 0 aromatic rings. The molecule has 0 radical (unpaired) electrons. The molecule has 1 aliphatic heterocycles. The molecule has 1 saturated heterocycles. The summed E-state index contributed by atoms with van der Waals surface area (Å²) < 4.78 is 5.20. The quantitative estimate of drug-likeness (QED) is 0.733. The van der Waals surface area contributed by atoms with Crippen molar-refractivity contribution in [2.75, 3.05) is 33.9 Å². The van der Waals surface area contributed by atoms with Gasteiger partial charge in [0.2, 0.25) is 0 Å². The summed E-state index contributed by atoms with van der Waals surface area (Å²) in [5.74, 6) is -1.56. The van der Waals surface area contributed by atoms with Crippen molar-refractivity contribution < 1.29 is 19.4 Å². The van der Waals surface area contributed by atoms with Gasteiger partial charge in [0.05, 0.1) is 19.3 Å². The Hall–Kier alpha value is -1.34. The summed E-state index contributed by atoms with van der Waals surface area (Å²) in [5, 5.41) is 12.0. The van der Waals surface area contributed by atoms with Crippen LogP contribution in [0.25, 0.3) is 0 Å². The minimum atomic E-state index is -0.918. The molecule has 0 bridgehead atoms. The zero-order valence-electron chi connectivity index (χ0n) is 12.9. The van der Waals surface area contributed by atoms with Crippen LogP contribution in [-0.2, 0) is 9.53 Å². The molecule has 3 unspecified atom stereocenters. The maximum Gasteiger partial charge on any atom is 0.317 e. The molecule has 1 saturated carbocycles. The predicted octanol–water partition coefficient (Wildman–Crippen LogP) is 0.210. The van der Waals surface area contributed by atoms with E-state index in [4.69, 9.17) is 9.84 Å². The Morgan fingerprint density at radius 2 is 2.00 bits per heavy atom. The molecule has 2 aliphatic rings. The Balaban J connectivity index is 1.80. The summed E-state index contributed by atoms with van der Waals surface area (Å²) in [6.45, 7) is 3.08. The standard InChI is InChI=1S/C14H25N3O4/c1-9(16(2)10-4-5-10)6-15-14(20)17(3)12-8-21-7-11(12)13(18)19/h9-12H,4-8H2,1-3H3,(H,15,20)(H,18,19). The number of urea groups is 1. The normalized spacial score (nSPS) is 26.7. The summed E-state index contributed by atoms with van der Waals surface area (Å²) in [7, 11) is 3.70. The highest BCUT2D eigenvalue weighted by Crippen LogP contribution is 2.26. The molecule has 0 aromatic heterocycles. The molecule has 21 heavy (non-hydrogen) atoms. The molecule has 2 N–H and O–H groups in total. The fourth-order valence-corrected chi connectivity index (χ4v) is 2.66. The van der Waals surface area contributed by atoms with Crippen molar-refractivity contribution in [2.24, 2.45) is 5.92 Å². The van der Waals surface area contributed by atoms with Gasteiger partial charge in [-0.3, -0.25) is 9.69 Å². The molecule has 2 amide bonds. The number of rotatable bonds is 6. The highest BCUT2D eigenvalue weighted by Gasteiger charge is 2.38. The summed E-state index contributed by atoms with van der Waals surface area (Å²) in [6, 6.07) is 0.269. The molecular weight excluding hydrogens is 274 g/mol. The first kappa shape index (κ1) is 16.0. The lowest BCUT2D eigenvalue weighted by molar-refractivity contribution is -0.142. The number of hydrogen-bond acceptors (Lipinski definition) is 4. The van der Waals surface area contributed by atoms with E-state index in [1.165, 1.54) is 17.7 Å². The van der Waals surface area contributed by atoms with Gasteiger partial charge in [0.25, 0.3) is 0 Å². The topological polar surface area (TPSA) is 82.1 Å². The van der Waals surface area contributed by atoms with Crippen LogP contribution in [0.15, 0.2) is 0 Å². The van der Waals surface area contributed by atoms with Crippen LogP contribution >= 0.6 is 0 Å². The Labute approximate surface area is 125 Å². The van der Waals surface area contributed by atoms with Crippen molar-refractivity contribution >= 4 is 12.0 Å². The molecule has 0 spiro atoms. The minimum absolute atomic E-state index is 0.165. The first-order valence-electron chi connectivity index (χ1n) is 7.45. The maximum absolute atomic E-state index is 12.2. The van der Waals surface area contributed by atoms with Crippen LogP contribution < -0.4 is 5.32 Å². The van der Waals surface area contributed by atoms with E-state index in [0.717, 1.165) is 0 Å². The second kappa shape index (κ2) is 6.62. The average Bonchev–Trinajstić information content (AvgIpc) is 3.18. The maximum atomic E-state index is 12.2. The van der Waals surface area contributed by atoms with Gasteiger partial charge in [-0.2, -0.15) is 0 Å². The summed E-state index contributed by atoms with van der Waals surface area (Å²) in [4.78, 5) is 27.0. The SMILES string of the molecule is CC(CNC(=O)N(C)C1COCC1C(=O)O)N(C)C1CC1. The molecule has 120 valence electrons. The zero-order valence-corrected chi connectivity index (χ0v) is 12.9. The number of ether oxygens (including phenoxy) is 1. The van der Waals surface area contributed by atoms with E-state index in [0.29, 0.717) is 12.6 Å². The predicted molar refractivity (Wildman–Crippen MR) is 77.1 cm³/mol. The largest absolute Gasteiger partial charge is 0.481 e. The number of carboxylic acid groups (broad SMARTS) is 1. The van der Waals surface area contributed by atoms with Crippen molar-refractivity contribution in [2.45, 2.75) is 37.9 Å². The summed E-state index contributed by atoms with van der Waals surface area (Å²) in [6.07, 6.45) is 2.46. The minimum Gasteiger partial charge on any atom is -0.481 e. The van der Waals surface area contributed by atoms with Crippen molar-refractivity contribution in [3.63, 3.8) is 0 Å². The number of hydrogen-bond donors (Lipinski definition) is 2. The van der Waals surface area contributed by atoms with Gasteiger partial charge in [0.1, 0.15) is 5.92 Å². The first-order chi connectivity index (χ1) is 9.91. The highest BCUT2D eigenvalue weighted by molar-refractivity contribution is 5.77. The zero-order chi connectivity index (χ0) is 15.6. The van der Waals surface area contributed by atoms with Gasteiger partial charge in [-0.05, 0) is 26.8 Å². The van der Waals surface area contributed by atoms with E-state index in [1.54, 1.807) is 7.05 Å². The number of aliphatic carboxylic acids is 1.